The van der Waals surface area contributed by atoms with Crippen LogP contribution in [0.5, 0.6) is 0 Å². The van der Waals surface area contributed by atoms with Crippen LogP contribution in [0, 0.1) is 12.8 Å². The Kier molecular flexibility index (Phi) is 2.49. The third-order valence-corrected chi connectivity index (χ3v) is 5.15. The van der Waals surface area contributed by atoms with Gasteiger partial charge in [-0.2, -0.15) is 4.52 Å². The monoisotopic (exact) mass is 288 g/mol. The SMILES string of the molecule is Cc1nc2c3c4c(sc3nc(NN)n2n1)CC[C@@H](C)C4. The third kappa shape index (κ3) is 1.56. The Hall–Kier alpha value is -1.73. The zero-order valence-corrected chi connectivity index (χ0v) is 12.3. The molecule has 7 heteroatoms. The minimum absolute atomic E-state index is 0.541. The maximum absolute atomic E-state index is 5.56. The van der Waals surface area contributed by atoms with E-state index < -0.39 is 0 Å². The molecule has 3 aromatic heterocycles. The van der Waals surface area contributed by atoms with E-state index in [9.17, 15) is 0 Å². The maximum atomic E-state index is 5.56. The van der Waals surface area contributed by atoms with Gasteiger partial charge in [-0.05, 0) is 37.7 Å². The Bertz CT molecular complexity index is 817. The van der Waals surface area contributed by atoms with Crippen molar-refractivity contribution in [3.05, 3.63) is 16.3 Å². The number of hydrazine groups is 1. The number of aromatic nitrogens is 4. The number of thiophene rings is 1. The molecule has 0 bridgehead atoms. The summed E-state index contributed by atoms with van der Waals surface area (Å²) >= 11 is 1.77. The van der Waals surface area contributed by atoms with Crippen molar-refractivity contribution in [3.8, 4) is 0 Å². The first kappa shape index (κ1) is 12.0. The lowest BCUT2D eigenvalue weighted by Gasteiger charge is -2.17. The maximum Gasteiger partial charge on any atom is 0.241 e. The number of hydrogen-bond donors (Lipinski definition) is 2. The van der Waals surface area contributed by atoms with Gasteiger partial charge < -0.3 is 0 Å². The van der Waals surface area contributed by atoms with Crippen LogP contribution in [0.1, 0.15) is 29.6 Å². The molecular weight excluding hydrogens is 272 g/mol. The third-order valence-electron chi connectivity index (χ3n) is 3.96. The van der Waals surface area contributed by atoms with E-state index in [1.165, 1.54) is 16.9 Å². The lowest BCUT2D eigenvalue weighted by atomic mass is 9.89. The summed E-state index contributed by atoms with van der Waals surface area (Å²) in [6.07, 6.45) is 3.50. The Morgan fingerprint density at radius 1 is 1.40 bits per heavy atom. The number of nitrogens with one attached hydrogen (secondary N) is 1. The molecule has 3 aromatic rings. The molecule has 0 spiro atoms. The fourth-order valence-electron chi connectivity index (χ4n) is 3.01. The summed E-state index contributed by atoms with van der Waals surface area (Å²) in [5.74, 6) is 7.56. The van der Waals surface area contributed by atoms with Gasteiger partial charge in [-0.15, -0.1) is 16.4 Å². The van der Waals surface area contributed by atoms with Crippen molar-refractivity contribution >= 4 is 33.1 Å². The van der Waals surface area contributed by atoms with Crippen LogP contribution in [-0.2, 0) is 12.8 Å². The molecule has 0 amide bonds. The Morgan fingerprint density at radius 3 is 3.05 bits per heavy atom. The molecule has 104 valence electrons. The Balaban J connectivity index is 2.13. The largest absolute Gasteiger partial charge is 0.292 e. The summed E-state index contributed by atoms with van der Waals surface area (Å²) in [6, 6.07) is 0. The summed E-state index contributed by atoms with van der Waals surface area (Å²) < 4.78 is 1.71. The number of rotatable bonds is 1. The molecule has 1 aliphatic carbocycles. The second kappa shape index (κ2) is 4.13. The van der Waals surface area contributed by atoms with Crippen LogP contribution in [0.3, 0.4) is 0 Å². The molecule has 0 radical (unpaired) electrons. The molecule has 6 nitrogen and oxygen atoms in total. The molecule has 0 unspecified atom stereocenters. The standard InChI is InChI=1S/C13H16N6S/c1-6-3-4-9-8(5-6)10-11-15-7(2)18-19(11)13(17-14)16-12(10)20-9/h6H,3-5,14H2,1-2H3,(H,16,17)/t6-/m1/s1. The van der Waals surface area contributed by atoms with E-state index in [2.05, 4.69) is 27.4 Å². The summed E-state index contributed by atoms with van der Waals surface area (Å²) in [4.78, 5) is 11.6. The summed E-state index contributed by atoms with van der Waals surface area (Å²) in [5, 5.41) is 5.55. The zero-order valence-electron chi connectivity index (χ0n) is 11.5. The quantitative estimate of drug-likeness (QED) is 0.529. The number of nitrogens with two attached hydrogens (primary N) is 1. The molecule has 1 atom stereocenters. The first-order valence-electron chi connectivity index (χ1n) is 6.81. The van der Waals surface area contributed by atoms with Crippen molar-refractivity contribution in [2.24, 2.45) is 11.8 Å². The molecule has 0 aliphatic heterocycles. The highest BCUT2D eigenvalue weighted by Crippen LogP contribution is 2.39. The second-order valence-corrected chi connectivity index (χ2v) is 6.59. The summed E-state index contributed by atoms with van der Waals surface area (Å²) in [6.45, 7) is 4.20. The van der Waals surface area contributed by atoms with Crippen LogP contribution >= 0.6 is 11.3 Å². The van der Waals surface area contributed by atoms with Crippen LogP contribution in [-0.4, -0.2) is 19.6 Å². The highest BCUT2D eigenvalue weighted by Gasteiger charge is 2.24. The first-order chi connectivity index (χ1) is 9.67. The van der Waals surface area contributed by atoms with Gasteiger partial charge in [0.1, 0.15) is 10.7 Å². The van der Waals surface area contributed by atoms with Gasteiger partial charge in [0.2, 0.25) is 5.95 Å². The van der Waals surface area contributed by atoms with Crippen molar-refractivity contribution in [2.45, 2.75) is 33.1 Å². The van der Waals surface area contributed by atoms with Crippen molar-refractivity contribution in [2.75, 3.05) is 5.43 Å². The van der Waals surface area contributed by atoms with E-state index in [4.69, 9.17) is 5.84 Å². The van der Waals surface area contributed by atoms with E-state index in [0.29, 0.717) is 5.95 Å². The summed E-state index contributed by atoms with van der Waals surface area (Å²) in [7, 11) is 0. The van der Waals surface area contributed by atoms with E-state index in [0.717, 1.165) is 40.4 Å². The van der Waals surface area contributed by atoms with Crippen LogP contribution in [0.25, 0.3) is 15.9 Å². The van der Waals surface area contributed by atoms with E-state index >= 15 is 0 Å². The Morgan fingerprint density at radius 2 is 2.25 bits per heavy atom. The number of anilines is 1. The van der Waals surface area contributed by atoms with Gasteiger partial charge in [-0.25, -0.2) is 15.8 Å². The number of fused-ring (bicyclic) bond motifs is 5. The fourth-order valence-corrected chi connectivity index (χ4v) is 4.23. The normalized spacial score (nSPS) is 18.6. The highest BCUT2D eigenvalue weighted by atomic mass is 32.1. The van der Waals surface area contributed by atoms with Crippen LogP contribution < -0.4 is 11.3 Å². The highest BCUT2D eigenvalue weighted by molar-refractivity contribution is 7.19. The van der Waals surface area contributed by atoms with Gasteiger partial charge in [0, 0.05) is 4.88 Å². The number of hydrogen-bond acceptors (Lipinski definition) is 6. The molecule has 0 saturated carbocycles. The van der Waals surface area contributed by atoms with Crippen LogP contribution in [0.2, 0.25) is 0 Å². The molecule has 20 heavy (non-hydrogen) atoms. The van der Waals surface area contributed by atoms with Gasteiger partial charge in [0.15, 0.2) is 5.65 Å². The number of nitrogen functional groups attached to an aromatic ring is 1. The van der Waals surface area contributed by atoms with Crippen molar-refractivity contribution in [1.82, 2.24) is 19.6 Å². The fraction of sp³-hybridized carbons (Fsp3) is 0.462. The van der Waals surface area contributed by atoms with Crippen molar-refractivity contribution < 1.29 is 0 Å². The van der Waals surface area contributed by atoms with Crippen LogP contribution in [0.15, 0.2) is 0 Å². The molecular formula is C13H16N6S. The topological polar surface area (TPSA) is 81.1 Å². The molecule has 4 rings (SSSR count). The van der Waals surface area contributed by atoms with Gasteiger partial charge >= 0.3 is 0 Å². The number of nitrogens with zero attached hydrogens (tertiary/aromatic N) is 4. The predicted octanol–water partition coefficient (Wildman–Crippen LogP) is 2.06. The molecule has 0 fully saturated rings. The van der Waals surface area contributed by atoms with Crippen molar-refractivity contribution in [3.63, 3.8) is 0 Å². The lowest BCUT2D eigenvalue weighted by Crippen LogP contribution is -2.14. The summed E-state index contributed by atoms with van der Waals surface area (Å²) in [5.41, 5.74) is 4.90. The lowest BCUT2D eigenvalue weighted by molar-refractivity contribution is 0.508. The van der Waals surface area contributed by atoms with Crippen molar-refractivity contribution in [1.29, 1.82) is 0 Å². The number of aryl methyl sites for hydroxylation is 2. The molecule has 3 heterocycles. The minimum Gasteiger partial charge on any atom is -0.292 e. The average Bonchev–Trinajstić information content (AvgIpc) is 2.96. The minimum atomic E-state index is 0.541. The van der Waals surface area contributed by atoms with Gasteiger partial charge in [0.05, 0.1) is 5.39 Å². The zero-order chi connectivity index (χ0) is 13.9. The van der Waals surface area contributed by atoms with Gasteiger partial charge in [0.25, 0.3) is 0 Å². The van der Waals surface area contributed by atoms with E-state index in [-0.39, 0.29) is 0 Å². The van der Waals surface area contributed by atoms with E-state index in [1.54, 1.807) is 15.9 Å². The molecule has 1 aliphatic rings. The predicted molar refractivity (Wildman–Crippen MR) is 79.9 cm³/mol. The molecule has 0 aromatic carbocycles. The molecule has 3 N–H and O–H groups in total. The average molecular weight is 288 g/mol. The van der Waals surface area contributed by atoms with Gasteiger partial charge in [-0.3, -0.25) is 5.43 Å². The smallest absolute Gasteiger partial charge is 0.241 e. The molecule has 0 saturated heterocycles. The Labute approximate surface area is 120 Å². The van der Waals surface area contributed by atoms with E-state index in [1.807, 2.05) is 6.92 Å². The second-order valence-electron chi connectivity index (χ2n) is 5.51. The first-order valence-corrected chi connectivity index (χ1v) is 7.63. The van der Waals surface area contributed by atoms with Gasteiger partial charge in [-0.1, -0.05) is 6.92 Å². The van der Waals surface area contributed by atoms with Crippen LogP contribution in [0.4, 0.5) is 5.95 Å².